The molecule has 4 rings (SSSR count). The molecule has 3 aromatic rings. The van der Waals surface area contributed by atoms with Gasteiger partial charge in [-0.3, -0.25) is 14.9 Å². The zero-order valence-corrected chi connectivity index (χ0v) is 15.4. The van der Waals surface area contributed by atoms with Crippen LogP contribution in [0.25, 0.3) is 0 Å². The maximum Gasteiger partial charge on any atom is 0.284 e. The molecule has 0 fully saturated rings. The third kappa shape index (κ3) is 3.22. The number of nitro groups is 1. The second-order valence-corrected chi connectivity index (χ2v) is 7.79. The summed E-state index contributed by atoms with van der Waals surface area (Å²) in [5, 5.41) is 30.9. The number of thiophene rings is 2. The Morgan fingerprint density at radius 1 is 1.22 bits per heavy atom. The highest BCUT2D eigenvalue weighted by atomic mass is 32.1. The van der Waals surface area contributed by atoms with Crippen molar-refractivity contribution >= 4 is 40.0 Å². The smallest absolute Gasteiger partial charge is 0.284 e. The van der Waals surface area contributed by atoms with Crippen LogP contribution in [0.1, 0.15) is 32.6 Å². The van der Waals surface area contributed by atoms with E-state index in [4.69, 9.17) is 0 Å². The van der Waals surface area contributed by atoms with E-state index in [9.17, 15) is 20.0 Å². The standard InChI is InChI=1S/C18H13N3O4S2/c22-15-6-5-11(21(24)25)9-12(15)13-10-14(16-3-1-7-26-16)20(19-13)18(23)17-4-2-8-27-17/h1-9,14,22H,10H2/t14-/m0/s1. The van der Waals surface area contributed by atoms with E-state index in [1.165, 1.54) is 45.9 Å². The summed E-state index contributed by atoms with van der Waals surface area (Å²) in [6.07, 6.45) is 0.367. The number of nitrogens with zero attached hydrogens (tertiary/aromatic N) is 3. The Kier molecular flexibility index (Phi) is 4.46. The molecule has 0 radical (unpaired) electrons. The van der Waals surface area contributed by atoms with Crippen molar-refractivity contribution in [3.8, 4) is 5.75 Å². The van der Waals surface area contributed by atoms with Gasteiger partial charge in [0, 0.05) is 29.0 Å². The summed E-state index contributed by atoms with van der Waals surface area (Å²) in [6, 6.07) is 10.8. The molecular formula is C18H13N3O4S2. The minimum atomic E-state index is -0.524. The van der Waals surface area contributed by atoms with Crippen LogP contribution in [0.4, 0.5) is 5.69 Å². The van der Waals surface area contributed by atoms with E-state index in [2.05, 4.69) is 5.10 Å². The number of rotatable bonds is 4. The molecule has 9 heteroatoms. The molecule has 1 N–H and O–H groups in total. The quantitative estimate of drug-likeness (QED) is 0.519. The molecular weight excluding hydrogens is 386 g/mol. The van der Waals surface area contributed by atoms with Crippen molar-refractivity contribution in [1.82, 2.24) is 5.01 Å². The number of hydrazone groups is 1. The molecule has 0 spiro atoms. The molecule has 1 aliphatic rings. The summed E-state index contributed by atoms with van der Waals surface area (Å²) < 4.78 is 0. The number of hydrogen-bond acceptors (Lipinski definition) is 7. The lowest BCUT2D eigenvalue weighted by Gasteiger charge is -2.19. The van der Waals surface area contributed by atoms with Crippen LogP contribution in [0.15, 0.2) is 58.3 Å². The molecule has 1 aliphatic heterocycles. The van der Waals surface area contributed by atoms with Crippen LogP contribution in [-0.2, 0) is 0 Å². The number of hydrogen-bond donors (Lipinski definition) is 1. The van der Waals surface area contributed by atoms with E-state index in [-0.39, 0.29) is 28.9 Å². The van der Waals surface area contributed by atoms with E-state index in [0.29, 0.717) is 17.0 Å². The molecule has 27 heavy (non-hydrogen) atoms. The molecule has 3 heterocycles. The summed E-state index contributed by atoms with van der Waals surface area (Å²) in [4.78, 5) is 25.0. The zero-order chi connectivity index (χ0) is 19.0. The summed E-state index contributed by atoms with van der Waals surface area (Å²) in [5.74, 6) is -0.335. The lowest BCUT2D eigenvalue weighted by atomic mass is 10.0. The number of amides is 1. The van der Waals surface area contributed by atoms with Crippen molar-refractivity contribution in [2.75, 3.05) is 0 Å². The monoisotopic (exact) mass is 399 g/mol. The third-order valence-corrected chi connectivity index (χ3v) is 6.06. The second-order valence-electron chi connectivity index (χ2n) is 5.87. The maximum absolute atomic E-state index is 12.9. The minimum Gasteiger partial charge on any atom is -0.507 e. The van der Waals surface area contributed by atoms with Crippen LogP contribution in [-0.4, -0.2) is 26.7 Å². The Morgan fingerprint density at radius 3 is 2.67 bits per heavy atom. The molecule has 1 atom stereocenters. The van der Waals surface area contributed by atoms with Crippen molar-refractivity contribution in [3.05, 3.63) is 78.7 Å². The lowest BCUT2D eigenvalue weighted by molar-refractivity contribution is -0.384. The van der Waals surface area contributed by atoms with E-state index in [1.807, 2.05) is 22.9 Å². The van der Waals surface area contributed by atoms with Gasteiger partial charge in [-0.2, -0.15) is 5.10 Å². The molecule has 1 aromatic carbocycles. The number of carbonyl (C=O) groups excluding carboxylic acids is 1. The van der Waals surface area contributed by atoms with Gasteiger partial charge in [0.05, 0.1) is 21.6 Å². The topological polar surface area (TPSA) is 96.0 Å². The Balaban J connectivity index is 1.76. The first-order valence-corrected chi connectivity index (χ1v) is 9.76. The number of benzene rings is 1. The van der Waals surface area contributed by atoms with E-state index >= 15 is 0 Å². The Bertz CT molecular complexity index is 1030. The van der Waals surface area contributed by atoms with Crippen molar-refractivity contribution in [3.63, 3.8) is 0 Å². The van der Waals surface area contributed by atoms with Gasteiger partial charge in [-0.25, -0.2) is 5.01 Å². The maximum atomic E-state index is 12.9. The fourth-order valence-electron chi connectivity index (χ4n) is 2.94. The zero-order valence-electron chi connectivity index (χ0n) is 13.8. The van der Waals surface area contributed by atoms with E-state index in [0.717, 1.165) is 4.88 Å². The molecule has 0 bridgehead atoms. The van der Waals surface area contributed by atoms with Gasteiger partial charge in [0.2, 0.25) is 0 Å². The molecule has 7 nitrogen and oxygen atoms in total. The number of carbonyl (C=O) groups is 1. The van der Waals surface area contributed by atoms with Crippen molar-refractivity contribution < 1.29 is 14.8 Å². The highest BCUT2D eigenvalue weighted by molar-refractivity contribution is 7.12. The van der Waals surface area contributed by atoms with Crippen molar-refractivity contribution in [2.45, 2.75) is 12.5 Å². The van der Waals surface area contributed by atoms with Crippen LogP contribution >= 0.6 is 22.7 Å². The predicted octanol–water partition coefficient (Wildman–Crippen LogP) is 4.41. The minimum absolute atomic E-state index is 0.102. The Hall–Kier alpha value is -3.04. The second kappa shape index (κ2) is 6.93. The first kappa shape index (κ1) is 17.4. The molecule has 2 aromatic heterocycles. The van der Waals surface area contributed by atoms with Crippen LogP contribution in [0, 0.1) is 10.1 Å². The lowest BCUT2D eigenvalue weighted by Crippen LogP contribution is -2.25. The van der Waals surface area contributed by atoms with Gasteiger partial charge in [-0.05, 0) is 29.0 Å². The summed E-state index contributed by atoms with van der Waals surface area (Å²) in [7, 11) is 0. The molecule has 0 saturated carbocycles. The molecule has 0 aliphatic carbocycles. The van der Waals surface area contributed by atoms with Crippen LogP contribution in [0.2, 0.25) is 0 Å². The van der Waals surface area contributed by atoms with Gasteiger partial charge in [0.15, 0.2) is 0 Å². The first-order valence-electron chi connectivity index (χ1n) is 8.00. The van der Waals surface area contributed by atoms with Crippen molar-refractivity contribution in [1.29, 1.82) is 0 Å². The Morgan fingerprint density at radius 2 is 2.00 bits per heavy atom. The highest BCUT2D eigenvalue weighted by Crippen LogP contribution is 2.38. The van der Waals surface area contributed by atoms with E-state index < -0.39 is 4.92 Å². The van der Waals surface area contributed by atoms with Gasteiger partial charge >= 0.3 is 0 Å². The van der Waals surface area contributed by atoms with Gasteiger partial charge in [-0.1, -0.05) is 12.1 Å². The largest absolute Gasteiger partial charge is 0.507 e. The fraction of sp³-hybridized carbons (Fsp3) is 0.111. The predicted molar refractivity (Wildman–Crippen MR) is 103 cm³/mol. The normalized spacial score (nSPS) is 16.4. The van der Waals surface area contributed by atoms with Crippen LogP contribution in [0.5, 0.6) is 5.75 Å². The average Bonchev–Trinajstić information content (AvgIpc) is 3.41. The Labute approximate surface area is 162 Å². The molecule has 0 unspecified atom stereocenters. The highest BCUT2D eigenvalue weighted by Gasteiger charge is 2.35. The summed E-state index contributed by atoms with van der Waals surface area (Å²) in [5.41, 5.74) is 0.577. The molecule has 0 saturated heterocycles. The van der Waals surface area contributed by atoms with E-state index in [1.54, 1.807) is 12.1 Å². The van der Waals surface area contributed by atoms with Gasteiger partial charge in [-0.15, -0.1) is 22.7 Å². The number of phenols is 1. The number of nitro benzene ring substituents is 1. The number of aromatic hydroxyl groups is 1. The fourth-order valence-corrected chi connectivity index (χ4v) is 4.41. The third-order valence-electron chi connectivity index (χ3n) is 4.22. The van der Waals surface area contributed by atoms with Crippen LogP contribution < -0.4 is 0 Å². The summed E-state index contributed by atoms with van der Waals surface area (Å²) >= 11 is 2.84. The number of phenolic OH excluding ortho intramolecular Hbond substituents is 1. The SMILES string of the molecule is O=C(c1cccs1)N1N=C(c2cc([N+](=O)[O-])ccc2O)C[C@H]1c1cccs1. The average molecular weight is 399 g/mol. The van der Waals surface area contributed by atoms with Crippen molar-refractivity contribution in [2.24, 2.45) is 5.10 Å². The molecule has 136 valence electrons. The first-order chi connectivity index (χ1) is 13.0. The van der Waals surface area contributed by atoms with Gasteiger partial charge in [0.25, 0.3) is 11.6 Å². The summed E-state index contributed by atoms with van der Waals surface area (Å²) in [6.45, 7) is 0. The molecule has 1 amide bonds. The van der Waals surface area contributed by atoms with Crippen LogP contribution in [0.3, 0.4) is 0 Å². The van der Waals surface area contributed by atoms with Gasteiger partial charge in [0.1, 0.15) is 5.75 Å². The number of non-ortho nitro benzene ring substituents is 1. The van der Waals surface area contributed by atoms with Gasteiger partial charge < -0.3 is 5.11 Å².